The van der Waals surface area contributed by atoms with E-state index in [4.69, 9.17) is 21.1 Å². The average Bonchev–Trinajstić information content (AvgIpc) is 3.61. The predicted octanol–water partition coefficient (Wildman–Crippen LogP) is 6.97. The van der Waals surface area contributed by atoms with E-state index < -0.39 is 21.5 Å². The van der Waals surface area contributed by atoms with E-state index in [0.717, 1.165) is 19.3 Å². The first-order valence-corrected chi connectivity index (χ1v) is 19.3. The van der Waals surface area contributed by atoms with Gasteiger partial charge in [0.15, 0.2) is 10.8 Å². The number of nitrogens with one attached hydrogen (secondary N) is 2. The van der Waals surface area contributed by atoms with Crippen LogP contribution in [0.2, 0.25) is 5.15 Å². The van der Waals surface area contributed by atoms with Gasteiger partial charge in [-0.05, 0) is 102 Å². The minimum atomic E-state index is -4.34. The summed E-state index contributed by atoms with van der Waals surface area (Å²) < 4.78 is 41.3. The van der Waals surface area contributed by atoms with Crippen LogP contribution in [0.15, 0.2) is 47.6 Å². The third-order valence-electron chi connectivity index (χ3n) is 8.91. The van der Waals surface area contributed by atoms with Gasteiger partial charge in [0.05, 0.1) is 12.2 Å². The number of amides is 2. The van der Waals surface area contributed by atoms with Crippen LogP contribution in [0.25, 0.3) is 5.82 Å². The molecule has 1 atom stereocenters. The maximum atomic E-state index is 13.1. The Hall–Kier alpha value is -3.91. The first-order valence-electron chi connectivity index (χ1n) is 17.4. The number of hydrogen-bond acceptors (Lipinski definition) is 10. The first-order chi connectivity index (χ1) is 23.8. The second kappa shape index (κ2) is 16.2. The standard InChI is InChI=1S/C36H52ClN7O6S/c1-23(2)27(24(3)4)22-49-30-17-19-44(41-30)29-16-15-26(32(37)40-29)33(45)42-51(47,48)31-14-10-13-28(39-31)38-18-11-12-25-20-36(8,9)43(21-25)34(46)50-35(5,6)7/h10,13-17,19,23-25,27H,11-12,18,20-22H2,1-9H3,(H,38,39)(H,42,45)/t25-/m0/s1. The van der Waals surface area contributed by atoms with Crippen LogP contribution < -0.4 is 14.8 Å². The van der Waals surface area contributed by atoms with Crippen molar-refractivity contribution >= 4 is 39.4 Å². The Bertz CT molecular complexity index is 1780. The fourth-order valence-electron chi connectivity index (χ4n) is 6.29. The van der Waals surface area contributed by atoms with Crippen LogP contribution in [-0.2, 0) is 14.8 Å². The summed E-state index contributed by atoms with van der Waals surface area (Å²) in [5, 5.41) is 7.06. The molecule has 1 aliphatic rings. The molecule has 4 heterocycles. The molecule has 0 aromatic carbocycles. The van der Waals surface area contributed by atoms with Crippen molar-refractivity contribution in [3.63, 3.8) is 0 Å². The summed E-state index contributed by atoms with van der Waals surface area (Å²) in [4.78, 5) is 36.1. The van der Waals surface area contributed by atoms with Gasteiger partial charge in [-0.1, -0.05) is 45.4 Å². The van der Waals surface area contributed by atoms with Gasteiger partial charge < -0.3 is 19.7 Å². The number of ether oxygens (including phenoxy) is 2. The smallest absolute Gasteiger partial charge is 0.410 e. The molecule has 3 aromatic heterocycles. The Morgan fingerprint density at radius 1 is 1.06 bits per heavy atom. The van der Waals surface area contributed by atoms with Gasteiger partial charge in [-0.15, -0.1) is 5.10 Å². The molecule has 4 rings (SSSR count). The maximum absolute atomic E-state index is 13.1. The zero-order valence-electron chi connectivity index (χ0n) is 31.1. The summed E-state index contributed by atoms with van der Waals surface area (Å²) >= 11 is 6.35. The predicted molar refractivity (Wildman–Crippen MR) is 197 cm³/mol. The summed E-state index contributed by atoms with van der Waals surface area (Å²) in [5.74, 6) is 1.75. The van der Waals surface area contributed by atoms with Gasteiger partial charge in [0.1, 0.15) is 16.6 Å². The topological polar surface area (TPSA) is 158 Å². The lowest BCUT2D eigenvalue weighted by Gasteiger charge is -2.33. The average molecular weight is 746 g/mol. The highest BCUT2D eigenvalue weighted by atomic mass is 35.5. The van der Waals surface area contributed by atoms with E-state index in [0.29, 0.717) is 60.9 Å². The minimum Gasteiger partial charge on any atom is -0.476 e. The molecule has 51 heavy (non-hydrogen) atoms. The van der Waals surface area contributed by atoms with Crippen molar-refractivity contribution in [3.8, 4) is 11.7 Å². The highest BCUT2D eigenvalue weighted by Gasteiger charge is 2.42. The Morgan fingerprint density at radius 2 is 1.76 bits per heavy atom. The van der Waals surface area contributed by atoms with Crippen LogP contribution in [0.3, 0.4) is 0 Å². The second-order valence-electron chi connectivity index (χ2n) is 15.4. The molecule has 3 aromatic rings. The molecule has 280 valence electrons. The molecule has 0 radical (unpaired) electrons. The lowest BCUT2D eigenvalue weighted by Crippen LogP contribution is -2.45. The Balaban J connectivity index is 1.31. The van der Waals surface area contributed by atoms with Crippen molar-refractivity contribution in [1.82, 2.24) is 29.4 Å². The van der Waals surface area contributed by atoms with Crippen LogP contribution in [-0.4, -0.2) is 75.9 Å². The molecule has 0 bridgehead atoms. The lowest BCUT2D eigenvalue weighted by molar-refractivity contribution is 0.0130. The van der Waals surface area contributed by atoms with Gasteiger partial charge in [-0.3, -0.25) is 4.79 Å². The van der Waals surface area contributed by atoms with Gasteiger partial charge in [-0.2, -0.15) is 8.42 Å². The van der Waals surface area contributed by atoms with Crippen LogP contribution in [0.1, 0.15) is 91.9 Å². The third-order valence-corrected chi connectivity index (χ3v) is 10.4. The van der Waals surface area contributed by atoms with Gasteiger partial charge >= 0.3 is 6.09 Å². The first kappa shape index (κ1) is 39.9. The van der Waals surface area contributed by atoms with Crippen molar-refractivity contribution in [2.75, 3.05) is 25.0 Å². The summed E-state index contributed by atoms with van der Waals surface area (Å²) in [6, 6.07) is 9.12. The molecular weight excluding hydrogens is 694 g/mol. The molecule has 1 fully saturated rings. The molecular formula is C36H52ClN7O6S. The largest absolute Gasteiger partial charge is 0.476 e. The highest BCUT2D eigenvalue weighted by molar-refractivity contribution is 7.90. The Kier molecular flexibility index (Phi) is 12.7. The number of sulfonamides is 1. The molecule has 13 nitrogen and oxygen atoms in total. The van der Waals surface area contributed by atoms with Crippen LogP contribution in [0.4, 0.5) is 10.6 Å². The number of hydrogen-bond donors (Lipinski definition) is 2. The number of carbonyl (C=O) groups excluding carboxylic acids is 2. The summed E-state index contributed by atoms with van der Waals surface area (Å²) in [6.07, 6.45) is 3.87. The number of nitrogens with zero attached hydrogens (tertiary/aromatic N) is 5. The highest BCUT2D eigenvalue weighted by Crippen LogP contribution is 2.36. The third kappa shape index (κ3) is 10.8. The van der Waals surface area contributed by atoms with E-state index in [1.165, 1.54) is 22.9 Å². The van der Waals surface area contributed by atoms with Crippen molar-refractivity contribution < 1.29 is 27.5 Å². The van der Waals surface area contributed by atoms with E-state index in [1.54, 1.807) is 29.3 Å². The van der Waals surface area contributed by atoms with Gasteiger partial charge in [-0.25, -0.2) is 24.2 Å². The van der Waals surface area contributed by atoms with Crippen LogP contribution in [0.5, 0.6) is 5.88 Å². The van der Waals surface area contributed by atoms with E-state index in [9.17, 15) is 18.0 Å². The molecule has 0 aliphatic carbocycles. The number of likely N-dealkylation sites (tertiary alicyclic amines) is 1. The van der Waals surface area contributed by atoms with E-state index in [1.807, 2.05) is 39.3 Å². The number of rotatable bonds is 14. The van der Waals surface area contributed by atoms with Gasteiger partial charge in [0.2, 0.25) is 5.88 Å². The number of pyridine rings is 2. The second-order valence-corrected chi connectivity index (χ2v) is 17.4. The summed E-state index contributed by atoms with van der Waals surface area (Å²) in [6.45, 7) is 20.0. The van der Waals surface area contributed by atoms with Crippen molar-refractivity contribution in [2.45, 2.75) is 97.7 Å². The number of anilines is 1. The van der Waals surface area contributed by atoms with Crippen LogP contribution >= 0.6 is 11.6 Å². The van der Waals surface area contributed by atoms with Crippen molar-refractivity contribution in [3.05, 3.63) is 53.3 Å². The summed E-state index contributed by atoms with van der Waals surface area (Å²) in [5.41, 5.74) is -0.990. The fourth-order valence-corrected chi connectivity index (χ4v) is 7.46. The molecule has 1 aliphatic heterocycles. The van der Waals surface area contributed by atoms with Gasteiger partial charge in [0.25, 0.3) is 15.9 Å². The zero-order chi connectivity index (χ0) is 37.7. The van der Waals surface area contributed by atoms with Crippen LogP contribution in [0, 0.1) is 23.7 Å². The Labute approximate surface area is 306 Å². The minimum absolute atomic E-state index is 0.126. The quantitative estimate of drug-likeness (QED) is 0.130. The van der Waals surface area contributed by atoms with E-state index in [2.05, 4.69) is 48.1 Å². The normalized spacial score (nSPS) is 16.2. The SMILES string of the molecule is CC(C)C(COc1ccn(-c2ccc(C(=O)NS(=O)(=O)c3cccc(NCCC[C@@H]4CN(C(=O)OC(C)(C)C)C(C)(C)C4)n3)c(Cl)n2)n1)C(C)C. The molecule has 1 saturated heterocycles. The molecule has 0 spiro atoms. The van der Waals surface area contributed by atoms with Crippen molar-refractivity contribution in [2.24, 2.45) is 23.7 Å². The molecule has 15 heteroatoms. The summed E-state index contributed by atoms with van der Waals surface area (Å²) in [7, 11) is -4.34. The molecule has 2 N–H and O–H groups in total. The zero-order valence-corrected chi connectivity index (χ0v) is 32.6. The van der Waals surface area contributed by atoms with E-state index >= 15 is 0 Å². The molecule has 0 unspecified atom stereocenters. The van der Waals surface area contributed by atoms with Gasteiger partial charge in [0, 0.05) is 30.9 Å². The molecule has 0 saturated carbocycles. The lowest BCUT2D eigenvalue weighted by atomic mass is 9.86. The van der Waals surface area contributed by atoms with Crippen molar-refractivity contribution in [1.29, 1.82) is 0 Å². The molecule has 2 amide bonds. The van der Waals surface area contributed by atoms with E-state index in [-0.39, 0.29) is 27.4 Å². The monoisotopic (exact) mass is 745 g/mol. The fraction of sp³-hybridized carbons (Fsp3) is 0.583. The number of carbonyl (C=O) groups is 2. The Morgan fingerprint density at radius 3 is 2.41 bits per heavy atom. The maximum Gasteiger partial charge on any atom is 0.410 e. The number of halogens is 1. The number of aromatic nitrogens is 4.